The Morgan fingerprint density at radius 1 is 1.10 bits per heavy atom. The first-order valence-electron chi connectivity index (χ1n) is 12.2. The van der Waals surface area contributed by atoms with E-state index < -0.39 is 53.5 Å². The maximum absolute atomic E-state index is 14.1. The maximum atomic E-state index is 14.1. The lowest BCUT2D eigenvalue weighted by Crippen LogP contribution is -2.59. The molecule has 1 aromatic carbocycles. The number of fused-ring (bicyclic) bond motifs is 1. The molecule has 1 saturated heterocycles. The molecule has 13 heteroatoms. The number of hydrogen-bond acceptors (Lipinski definition) is 4. The summed E-state index contributed by atoms with van der Waals surface area (Å²) >= 11 is 0. The Kier molecular flexibility index (Phi) is 7.89. The van der Waals surface area contributed by atoms with Gasteiger partial charge < -0.3 is 19.9 Å². The average molecular weight is 552 g/mol. The molecule has 3 amide bonds. The van der Waals surface area contributed by atoms with Crippen molar-refractivity contribution in [3.05, 3.63) is 71.8 Å². The molecule has 1 fully saturated rings. The molecule has 0 spiro atoms. The van der Waals surface area contributed by atoms with E-state index >= 15 is 0 Å². The molecule has 1 aliphatic heterocycles. The van der Waals surface area contributed by atoms with Crippen molar-refractivity contribution >= 4 is 23.2 Å². The van der Waals surface area contributed by atoms with Gasteiger partial charge in [-0.1, -0.05) is 13.8 Å². The summed E-state index contributed by atoms with van der Waals surface area (Å²) in [7, 11) is 0. The van der Waals surface area contributed by atoms with Gasteiger partial charge in [0.25, 0.3) is 5.91 Å². The number of benzene rings is 1. The van der Waals surface area contributed by atoms with E-state index in [0.717, 1.165) is 12.1 Å². The Morgan fingerprint density at radius 3 is 2.44 bits per heavy atom. The highest BCUT2D eigenvalue weighted by molar-refractivity contribution is 6.00. The number of carbonyl (C=O) groups excluding carboxylic acids is 3. The lowest BCUT2D eigenvalue weighted by Gasteiger charge is -2.40. The second kappa shape index (κ2) is 11.0. The largest absolute Gasteiger partial charge is 0.471 e. The maximum Gasteiger partial charge on any atom is 0.471 e. The molecule has 39 heavy (non-hydrogen) atoms. The predicted molar refractivity (Wildman–Crippen MR) is 130 cm³/mol. The molecule has 0 radical (unpaired) electrons. The molecule has 0 saturated carbocycles. The molecular formula is C26H26F5N5O3. The van der Waals surface area contributed by atoms with Gasteiger partial charge in [0.1, 0.15) is 17.7 Å². The molecule has 0 unspecified atom stereocenters. The zero-order valence-corrected chi connectivity index (χ0v) is 21.0. The fraction of sp³-hybridized carbons (Fsp3) is 0.385. The smallest absolute Gasteiger partial charge is 0.349 e. The number of carbonyl (C=O) groups is 3. The van der Waals surface area contributed by atoms with E-state index in [0.29, 0.717) is 17.1 Å². The van der Waals surface area contributed by atoms with Crippen LogP contribution >= 0.6 is 0 Å². The molecular weight excluding hydrogens is 525 g/mol. The minimum atomic E-state index is -5.20. The van der Waals surface area contributed by atoms with Crippen LogP contribution in [0.15, 0.2) is 49.1 Å². The molecule has 3 aromatic rings. The number of nitrogens with zero attached hydrogens (tertiary/aromatic N) is 3. The predicted octanol–water partition coefficient (Wildman–Crippen LogP) is 3.43. The minimum absolute atomic E-state index is 0.0966. The third-order valence-electron chi connectivity index (χ3n) is 6.72. The fourth-order valence-electron chi connectivity index (χ4n) is 4.80. The van der Waals surface area contributed by atoms with Crippen molar-refractivity contribution in [2.75, 3.05) is 13.1 Å². The highest BCUT2D eigenvalue weighted by atomic mass is 19.4. The highest BCUT2D eigenvalue weighted by Crippen LogP contribution is 2.31. The first kappa shape index (κ1) is 28.0. The van der Waals surface area contributed by atoms with Gasteiger partial charge in [-0.3, -0.25) is 14.4 Å². The summed E-state index contributed by atoms with van der Waals surface area (Å²) in [4.78, 5) is 43.7. The lowest BCUT2D eigenvalue weighted by atomic mass is 9.84. The number of aromatic nitrogens is 2. The van der Waals surface area contributed by atoms with Crippen molar-refractivity contribution in [1.29, 1.82) is 0 Å². The summed E-state index contributed by atoms with van der Waals surface area (Å²) in [6.45, 7) is 3.01. The second-order valence-corrected chi connectivity index (χ2v) is 9.77. The van der Waals surface area contributed by atoms with Crippen LogP contribution < -0.4 is 10.6 Å². The first-order valence-corrected chi connectivity index (χ1v) is 12.2. The van der Waals surface area contributed by atoms with Gasteiger partial charge in [-0.15, -0.1) is 0 Å². The zero-order chi connectivity index (χ0) is 28.5. The lowest BCUT2D eigenvalue weighted by molar-refractivity contribution is -0.175. The first-order chi connectivity index (χ1) is 18.3. The number of halogens is 5. The molecule has 3 atom stereocenters. The SMILES string of the molecule is CC(C)[C@H](NC(=O)C(F)(F)F)C(=O)N[C@@H]1CN(C(=O)c2cccn3cncc23)CC[C@H]1c1cc(F)cc(F)c1. The Hall–Kier alpha value is -4.03. The van der Waals surface area contributed by atoms with E-state index in [1.807, 2.05) is 0 Å². The third kappa shape index (κ3) is 6.18. The summed E-state index contributed by atoms with van der Waals surface area (Å²) in [5.74, 6) is -6.62. The molecule has 0 aliphatic carbocycles. The molecule has 208 valence electrons. The van der Waals surface area contributed by atoms with Crippen LogP contribution in [-0.2, 0) is 9.59 Å². The van der Waals surface area contributed by atoms with E-state index in [-0.39, 0.29) is 31.0 Å². The van der Waals surface area contributed by atoms with E-state index in [2.05, 4.69) is 10.3 Å². The standard InChI is InChI=1S/C26H26F5N5O3/c1-14(2)22(34-25(39)26(29,30)31)23(37)33-20-12-35(7-5-18(20)15-8-16(27)10-17(28)9-15)24(38)19-4-3-6-36-13-32-11-21(19)36/h3-4,6,8-11,13-14,18,20,22H,5,7,12H2,1-2H3,(H,33,37)(H,34,39)/t18-,20+,22-/m0/s1. The van der Waals surface area contributed by atoms with Gasteiger partial charge in [0.15, 0.2) is 0 Å². The van der Waals surface area contributed by atoms with Gasteiger partial charge in [-0.05, 0) is 42.2 Å². The number of imidazole rings is 1. The molecule has 8 nitrogen and oxygen atoms in total. The van der Waals surface area contributed by atoms with Crippen molar-refractivity contribution in [1.82, 2.24) is 24.9 Å². The van der Waals surface area contributed by atoms with Crippen LogP contribution in [0.3, 0.4) is 0 Å². The van der Waals surface area contributed by atoms with Gasteiger partial charge >= 0.3 is 12.1 Å². The second-order valence-electron chi connectivity index (χ2n) is 9.77. The number of amides is 3. The molecule has 2 N–H and O–H groups in total. The van der Waals surface area contributed by atoms with Gasteiger partial charge in [0.2, 0.25) is 5.91 Å². The minimum Gasteiger partial charge on any atom is -0.349 e. The summed E-state index contributed by atoms with van der Waals surface area (Å²) < 4.78 is 68.4. The monoisotopic (exact) mass is 551 g/mol. The highest BCUT2D eigenvalue weighted by Gasteiger charge is 2.42. The molecule has 4 rings (SSSR count). The summed E-state index contributed by atoms with van der Waals surface area (Å²) in [6, 6.07) is 3.73. The number of hydrogen-bond donors (Lipinski definition) is 2. The Labute approximate surface area is 220 Å². The van der Waals surface area contributed by atoms with Crippen molar-refractivity contribution in [3.8, 4) is 0 Å². The van der Waals surface area contributed by atoms with Crippen LogP contribution in [-0.4, -0.2) is 63.4 Å². The van der Waals surface area contributed by atoms with E-state index in [4.69, 9.17) is 0 Å². The van der Waals surface area contributed by atoms with Crippen molar-refractivity contribution in [2.45, 2.75) is 44.4 Å². The molecule has 2 aromatic heterocycles. The quantitative estimate of drug-likeness (QED) is 0.459. The van der Waals surface area contributed by atoms with Gasteiger partial charge in [-0.25, -0.2) is 13.8 Å². The number of rotatable bonds is 6. The molecule has 0 bridgehead atoms. The number of alkyl halides is 3. The van der Waals surface area contributed by atoms with Gasteiger partial charge in [0, 0.05) is 31.3 Å². The average Bonchev–Trinajstić information content (AvgIpc) is 3.34. The Bertz CT molecular complexity index is 1370. The number of nitrogens with one attached hydrogen (secondary N) is 2. The van der Waals surface area contributed by atoms with Crippen LogP contribution in [0, 0.1) is 17.6 Å². The summed E-state index contributed by atoms with van der Waals surface area (Å²) in [5.41, 5.74) is 1.11. The molecule has 3 heterocycles. The summed E-state index contributed by atoms with van der Waals surface area (Å²) in [6.07, 6.45) is -0.234. The third-order valence-corrected chi connectivity index (χ3v) is 6.72. The Morgan fingerprint density at radius 2 is 1.79 bits per heavy atom. The van der Waals surface area contributed by atoms with E-state index in [9.17, 15) is 36.3 Å². The van der Waals surface area contributed by atoms with Crippen molar-refractivity contribution in [3.63, 3.8) is 0 Å². The topological polar surface area (TPSA) is 95.8 Å². The van der Waals surface area contributed by atoms with Crippen LogP contribution in [0.4, 0.5) is 22.0 Å². The van der Waals surface area contributed by atoms with Crippen LogP contribution in [0.1, 0.15) is 42.1 Å². The van der Waals surface area contributed by atoms with Crippen LogP contribution in [0.2, 0.25) is 0 Å². The summed E-state index contributed by atoms with van der Waals surface area (Å²) in [5, 5.41) is 4.35. The number of pyridine rings is 1. The number of likely N-dealkylation sites (tertiary alicyclic amines) is 1. The van der Waals surface area contributed by atoms with E-state index in [1.165, 1.54) is 31.3 Å². The zero-order valence-electron chi connectivity index (χ0n) is 21.0. The number of piperidine rings is 1. The van der Waals surface area contributed by atoms with Crippen LogP contribution in [0.5, 0.6) is 0 Å². The normalized spacial score (nSPS) is 18.7. The van der Waals surface area contributed by atoms with Crippen molar-refractivity contribution < 1.29 is 36.3 Å². The van der Waals surface area contributed by atoms with Gasteiger partial charge in [-0.2, -0.15) is 13.2 Å². The van der Waals surface area contributed by atoms with E-state index in [1.54, 1.807) is 28.0 Å². The molecule has 1 aliphatic rings. The Balaban J connectivity index is 1.63. The fourth-order valence-corrected chi connectivity index (χ4v) is 4.80. The van der Waals surface area contributed by atoms with Crippen LogP contribution in [0.25, 0.3) is 5.52 Å². The van der Waals surface area contributed by atoms with Crippen molar-refractivity contribution in [2.24, 2.45) is 5.92 Å². The van der Waals surface area contributed by atoms with Gasteiger partial charge in [0.05, 0.1) is 29.6 Å².